The Kier molecular flexibility index (Phi) is 8.92. The summed E-state index contributed by atoms with van der Waals surface area (Å²) in [4.78, 5) is 32.1. The Bertz CT molecular complexity index is 1880. The van der Waals surface area contributed by atoms with Crippen LogP contribution in [-0.2, 0) is 16.1 Å². The summed E-state index contributed by atoms with van der Waals surface area (Å²) in [5.41, 5.74) is 2.24. The number of fused-ring (bicyclic) bond motifs is 1. The highest BCUT2D eigenvalue weighted by molar-refractivity contribution is 7.07. The first-order valence-electron chi connectivity index (χ1n) is 12.5. The van der Waals surface area contributed by atoms with Crippen molar-refractivity contribution in [2.45, 2.75) is 26.5 Å². The number of halogens is 4. The third-order valence-corrected chi connectivity index (χ3v) is 8.37. The Labute approximate surface area is 259 Å². The van der Waals surface area contributed by atoms with Gasteiger partial charge in [0.2, 0.25) is 0 Å². The molecule has 0 spiro atoms. The summed E-state index contributed by atoms with van der Waals surface area (Å²) in [5.74, 6) is -0.209. The number of allylic oxidation sites excluding steroid dienone is 1. The van der Waals surface area contributed by atoms with E-state index in [1.807, 2.05) is 12.1 Å². The van der Waals surface area contributed by atoms with Crippen molar-refractivity contribution < 1.29 is 14.3 Å². The second-order valence-corrected chi connectivity index (χ2v) is 11.7. The minimum Gasteiger partial charge on any atom is -0.487 e. The number of esters is 1. The minimum atomic E-state index is -0.831. The van der Waals surface area contributed by atoms with Gasteiger partial charge in [-0.25, -0.2) is 9.79 Å². The highest BCUT2D eigenvalue weighted by Gasteiger charge is 2.34. The topological polar surface area (TPSA) is 69.9 Å². The van der Waals surface area contributed by atoms with Crippen LogP contribution < -0.4 is 19.6 Å². The minimum absolute atomic E-state index is 0.169. The molecule has 6 nitrogen and oxygen atoms in total. The maximum atomic E-state index is 14.0. The summed E-state index contributed by atoms with van der Waals surface area (Å²) in [6, 6.07) is 16.8. The molecule has 1 aromatic heterocycles. The highest BCUT2D eigenvalue weighted by Crippen LogP contribution is 2.35. The molecule has 0 fully saturated rings. The average Bonchev–Trinajstić information content (AvgIpc) is 3.22. The summed E-state index contributed by atoms with van der Waals surface area (Å²) in [7, 11) is 0. The lowest BCUT2D eigenvalue weighted by atomic mass is 9.96. The van der Waals surface area contributed by atoms with E-state index >= 15 is 0 Å². The van der Waals surface area contributed by atoms with Crippen LogP contribution in [0.1, 0.15) is 36.6 Å². The average molecular weight is 648 g/mol. The molecule has 1 aliphatic rings. The third-order valence-electron chi connectivity index (χ3n) is 6.31. The Balaban J connectivity index is 1.66. The van der Waals surface area contributed by atoms with Crippen molar-refractivity contribution >= 4 is 69.8 Å². The molecular formula is C30H22Cl4N2O4S. The first kappa shape index (κ1) is 29.4. The monoisotopic (exact) mass is 646 g/mol. The van der Waals surface area contributed by atoms with Gasteiger partial charge in [-0.15, -0.1) is 0 Å². The Morgan fingerprint density at radius 1 is 1.02 bits per heavy atom. The number of carbonyl (C=O) groups excluding carboxylic acids is 1. The van der Waals surface area contributed by atoms with Gasteiger partial charge < -0.3 is 9.47 Å². The van der Waals surface area contributed by atoms with E-state index < -0.39 is 12.0 Å². The molecule has 5 rings (SSSR count). The fourth-order valence-electron chi connectivity index (χ4n) is 4.55. The lowest BCUT2D eigenvalue weighted by molar-refractivity contribution is -0.139. The number of hydrogen-bond donors (Lipinski definition) is 0. The van der Waals surface area contributed by atoms with Crippen LogP contribution in [0.4, 0.5) is 0 Å². The van der Waals surface area contributed by atoms with Crippen molar-refractivity contribution in [1.29, 1.82) is 0 Å². The van der Waals surface area contributed by atoms with E-state index in [2.05, 4.69) is 4.99 Å². The van der Waals surface area contributed by atoms with Crippen molar-refractivity contribution in [2.24, 2.45) is 4.99 Å². The summed E-state index contributed by atoms with van der Waals surface area (Å²) in [6.45, 7) is 3.79. The largest absolute Gasteiger partial charge is 0.487 e. The summed E-state index contributed by atoms with van der Waals surface area (Å²) < 4.78 is 13.2. The summed E-state index contributed by atoms with van der Waals surface area (Å²) in [5, 5.41) is 1.65. The van der Waals surface area contributed by atoms with Gasteiger partial charge in [0.1, 0.15) is 18.4 Å². The molecule has 3 aromatic carbocycles. The van der Waals surface area contributed by atoms with Gasteiger partial charge in [-0.3, -0.25) is 9.36 Å². The lowest BCUT2D eigenvalue weighted by Gasteiger charge is -2.25. The number of rotatable bonds is 7. The van der Waals surface area contributed by atoms with E-state index in [4.69, 9.17) is 55.9 Å². The number of thiazole rings is 1. The van der Waals surface area contributed by atoms with Crippen LogP contribution in [-0.4, -0.2) is 17.1 Å². The lowest BCUT2D eigenvalue weighted by Crippen LogP contribution is -2.40. The third kappa shape index (κ3) is 6.10. The van der Waals surface area contributed by atoms with Crippen LogP contribution >= 0.6 is 57.7 Å². The highest BCUT2D eigenvalue weighted by atomic mass is 35.5. The van der Waals surface area contributed by atoms with Crippen molar-refractivity contribution in [3.63, 3.8) is 0 Å². The van der Waals surface area contributed by atoms with E-state index in [9.17, 15) is 9.59 Å². The number of hydrogen-bond acceptors (Lipinski definition) is 6. The van der Waals surface area contributed by atoms with Crippen molar-refractivity contribution in [2.75, 3.05) is 6.61 Å². The molecule has 1 aliphatic heterocycles. The Morgan fingerprint density at radius 2 is 1.80 bits per heavy atom. The van der Waals surface area contributed by atoms with Crippen LogP contribution in [0, 0.1) is 0 Å². The van der Waals surface area contributed by atoms with Gasteiger partial charge in [-0.05, 0) is 61.4 Å². The molecule has 11 heteroatoms. The summed E-state index contributed by atoms with van der Waals surface area (Å²) in [6.07, 6.45) is 1.65. The Morgan fingerprint density at radius 3 is 2.54 bits per heavy atom. The standard InChI is InChI=1S/C30H22Cl4N2O4S/c1-3-39-29(38)25-16(2)35-30-36(26(25)21-9-4-5-10-22(21)33)28(37)24(41-30)13-18-12-20(32)14-23(34)27(18)40-15-17-7-6-8-19(31)11-17/h4-14,26H,3,15H2,1-2H3/b24-13-/t26-/m1/s1. The zero-order chi connectivity index (χ0) is 29.3. The second-order valence-electron chi connectivity index (χ2n) is 9.05. The molecule has 0 radical (unpaired) electrons. The van der Waals surface area contributed by atoms with E-state index in [1.54, 1.807) is 68.5 Å². The Hall–Kier alpha value is -3.07. The summed E-state index contributed by atoms with van der Waals surface area (Å²) >= 11 is 26.7. The molecule has 0 amide bonds. The number of carbonyl (C=O) groups is 1. The molecule has 0 saturated carbocycles. The SMILES string of the molecule is CCOC(=O)C1=C(C)N=c2s/c(=C\c3cc(Cl)cc(Cl)c3OCc3cccc(Cl)c3)c(=O)n2[C@@H]1c1ccccc1Cl. The molecule has 0 bridgehead atoms. The first-order chi connectivity index (χ1) is 19.7. The molecule has 0 unspecified atom stereocenters. The normalized spacial score (nSPS) is 15.0. The molecule has 0 saturated heterocycles. The van der Waals surface area contributed by atoms with E-state index in [1.165, 1.54) is 15.9 Å². The second kappa shape index (κ2) is 12.4. The zero-order valence-corrected chi connectivity index (χ0v) is 25.6. The van der Waals surface area contributed by atoms with Gasteiger partial charge in [0.15, 0.2) is 4.80 Å². The molecule has 1 atom stereocenters. The van der Waals surface area contributed by atoms with Gasteiger partial charge in [0.25, 0.3) is 5.56 Å². The van der Waals surface area contributed by atoms with Gasteiger partial charge in [0, 0.05) is 20.6 Å². The number of nitrogens with zero attached hydrogens (tertiary/aromatic N) is 2. The van der Waals surface area contributed by atoms with Gasteiger partial charge in [0.05, 0.1) is 27.4 Å². The maximum Gasteiger partial charge on any atom is 0.338 e. The van der Waals surface area contributed by atoms with Crippen LogP contribution in [0.5, 0.6) is 5.75 Å². The molecule has 210 valence electrons. The van der Waals surface area contributed by atoms with E-state index in [0.29, 0.717) is 47.0 Å². The molecule has 41 heavy (non-hydrogen) atoms. The quantitative estimate of drug-likeness (QED) is 0.203. The van der Waals surface area contributed by atoms with Crippen LogP contribution in [0.2, 0.25) is 20.1 Å². The van der Waals surface area contributed by atoms with Crippen molar-refractivity contribution in [3.8, 4) is 5.75 Å². The first-order valence-corrected chi connectivity index (χ1v) is 14.8. The number of ether oxygens (including phenoxy) is 2. The van der Waals surface area contributed by atoms with Gasteiger partial charge >= 0.3 is 5.97 Å². The van der Waals surface area contributed by atoms with Crippen LogP contribution in [0.15, 0.2) is 81.7 Å². The number of aromatic nitrogens is 1. The van der Waals surface area contributed by atoms with E-state index in [0.717, 1.165) is 5.56 Å². The van der Waals surface area contributed by atoms with Gasteiger partial charge in [-0.1, -0.05) is 88.1 Å². The predicted molar refractivity (Wildman–Crippen MR) is 164 cm³/mol. The smallest absolute Gasteiger partial charge is 0.338 e. The fourth-order valence-corrected chi connectivity index (χ4v) is 6.60. The molecular weight excluding hydrogens is 626 g/mol. The van der Waals surface area contributed by atoms with Crippen molar-refractivity contribution in [1.82, 2.24) is 4.57 Å². The zero-order valence-electron chi connectivity index (χ0n) is 21.8. The predicted octanol–water partition coefficient (Wildman–Crippen LogP) is 6.99. The van der Waals surface area contributed by atoms with Crippen LogP contribution in [0.25, 0.3) is 6.08 Å². The van der Waals surface area contributed by atoms with Gasteiger partial charge in [-0.2, -0.15) is 0 Å². The molecule has 4 aromatic rings. The fraction of sp³-hybridized carbons (Fsp3) is 0.167. The van der Waals surface area contributed by atoms with Crippen LogP contribution in [0.3, 0.4) is 0 Å². The molecule has 2 heterocycles. The maximum absolute atomic E-state index is 14.0. The van der Waals surface area contributed by atoms with E-state index in [-0.39, 0.29) is 29.4 Å². The molecule has 0 N–H and O–H groups in total. The molecule has 0 aliphatic carbocycles. The van der Waals surface area contributed by atoms with Crippen molar-refractivity contribution in [3.05, 3.63) is 128 Å². The number of benzene rings is 3.